The van der Waals surface area contributed by atoms with Crippen LogP contribution >= 0.6 is 0 Å². The van der Waals surface area contributed by atoms with Crippen molar-refractivity contribution in [3.63, 3.8) is 0 Å². The average Bonchev–Trinajstić information content (AvgIpc) is 2.25. The predicted molar refractivity (Wildman–Crippen MR) is 53.6 cm³/mol. The fourth-order valence-corrected chi connectivity index (χ4v) is 1.01. The molecule has 0 atom stereocenters. The first-order valence-corrected chi connectivity index (χ1v) is 4.35. The quantitative estimate of drug-likeness (QED) is 0.395. The lowest BCUT2D eigenvalue weighted by atomic mass is 10.3. The molecular formula is C9H15N3O2. The van der Waals surface area contributed by atoms with Crippen molar-refractivity contribution < 1.29 is 9.47 Å². The molecule has 78 valence electrons. The summed E-state index contributed by atoms with van der Waals surface area (Å²) in [5.41, 5.74) is 3.45. The van der Waals surface area contributed by atoms with E-state index in [9.17, 15) is 0 Å². The molecule has 0 unspecified atom stereocenters. The van der Waals surface area contributed by atoms with Crippen LogP contribution in [0, 0.1) is 0 Å². The standard InChI is InChI=1S/C9H15N3O2/c1-13-5-6-14-7-8-3-2-4-11-9(8)12-10/h2-4H,5-7,10H2,1H3,(H,11,12). The molecule has 0 saturated carbocycles. The van der Waals surface area contributed by atoms with Gasteiger partial charge in [0.1, 0.15) is 5.82 Å². The maximum atomic E-state index is 5.34. The molecule has 1 aromatic heterocycles. The molecule has 0 radical (unpaired) electrons. The Morgan fingerprint density at radius 2 is 2.36 bits per heavy atom. The van der Waals surface area contributed by atoms with Gasteiger partial charge in [0, 0.05) is 18.9 Å². The first-order chi connectivity index (χ1) is 6.88. The summed E-state index contributed by atoms with van der Waals surface area (Å²) in [6.07, 6.45) is 1.67. The molecule has 0 aromatic carbocycles. The Bertz CT molecular complexity index is 268. The summed E-state index contributed by atoms with van der Waals surface area (Å²) >= 11 is 0. The zero-order chi connectivity index (χ0) is 10.2. The van der Waals surface area contributed by atoms with Gasteiger partial charge in [-0.3, -0.25) is 0 Å². The van der Waals surface area contributed by atoms with E-state index in [1.165, 1.54) is 0 Å². The van der Waals surface area contributed by atoms with Crippen LogP contribution in [0.4, 0.5) is 5.82 Å². The van der Waals surface area contributed by atoms with Crippen LogP contribution in [-0.2, 0) is 16.1 Å². The van der Waals surface area contributed by atoms with Gasteiger partial charge in [0.25, 0.3) is 0 Å². The van der Waals surface area contributed by atoms with E-state index in [0.717, 1.165) is 5.56 Å². The number of hydrogen-bond acceptors (Lipinski definition) is 5. The van der Waals surface area contributed by atoms with Crippen molar-refractivity contribution in [2.75, 3.05) is 25.7 Å². The van der Waals surface area contributed by atoms with Crippen molar-refractivity contribution in [3.8, 4) is 0 Å². The monoisotopic (exact) mass is 197 g/mol. The van der Waals surface area contributed by atoms with Gasteiger partial charge < -0.3 is 14.9 Å². The van der Waals surface area contributed by atoms with Crippen molar-refractivity contribution in [2.24, 2.45) is 5.84 Å². The van der Waals surface area contributed by atoms with E-state index in [-0.39, 0.29) is 0 Å². The van der Waals surface area contributed by atoms with Crippen LogP contribution in [0.2, 0.25) is 0 Å². The first-order valence-electron chi connectivity index (χ1n) is 4.35. The van der Waals surface area contributed by atoms with Crippen LogP contribution in [0.5, 0.6) is 0 Å². The third-order valence-corrected chi connectivity index (χ3v) is 1.72. The highest BCUT2D eigenvalue weighted by molar-refractivity contribution is 5.41. The number of ether oxygens (including phenoxy) is 2. The lowest BCUT2D eigenvalue weighted by molar-refractivity contribution is 0.0618. The second kappa shape index (κ2) is 6.31. The number of nitrogens with one attached hydrogen (secondary N) is 1. The Kier molecular flexibility index (Phi) is 4.92. The molecule has 0 fully saturated rings. The highest BCUT2D eigenvalue weighted by atomic mass is 16.5. The van der Waals surface area contributed by atoms with Gasteiger partial charge >= 0.3 is 0 Å². The third-order valence-electron chi connectivity index (χ3n) is 1.72. The number of hydrogen-bond donors (Lipinski definition) is 2. The van der Waals surface area contributed by atoms with Gasteiger partial charge in [-0.15, -0.1) is 0 Å². The van der Waals surface area contributed by atoms with Gasteiger partial charge in [-0.05, 0) is 6.07 Å². The van der Waals surface area contributed by atoms with Gasteiger partial charge in [0.2, 0.25) is 0 Å². The number of nitrogens with zero attached hydrogens (tertiary/aromatic N) is 1. The highest BCUT2D eigenvalue weighted by Crippen LogP contribution is 2.10. The van der Waals surface area contributed by atoms with E-state index in [4.69, 9.17) is 15.3 Å². The van der Waals surface area contributed by atoms with Crippen molar-refractivity contribution in [2.45, 2.75) is 6.61 Å². The number of nitrogen functional groups attached to an aromatic ring is 1. The van der Waals surface area contributed by atoms with E-state index in [2.05, 4.69) is 10.4 Å². The Morgan fingerprint density at radius 3 is 3.07 bits per heavy atom. The number of hydrazine groups is 1. The van der Waals surface area contributed by atoms with Crippen molar-refractivity contribution >= 4 is 5.82 Å². The molecule has 0 aliphatic carbocycles. The van der Waals surface area contributed by atoms with E-state index >= 15 is 0 Å². The van der Waals surface area contributed by atoms with Crippen LogP contribution in [-0.4, -0.2) is 25.3 Å². The van der Waals surface area contributed by atoms with Crippen molar-refractivity contribution in [3.05, 3.63) is 23.9 Å². The maximum Gasteiger partial charge on any atom is 0.145 e. The topological polar surface area (TPSA) is 69.4 Å². The SMILES string of the molecule is COCCOCc1cccnc1NN. The van der Waals surface area contributed by atoms with E-state index in [0.29, 0.717) is 25.6 Å². The molecule has 0 aliphatic rings. The molecule has 3 N–H and O–H groups in total. The Labute approximate surface area is 83.2 Å². The zero-order valence-electron chi connectivity index (χ0n) is 8.19. The number of pyridine rings is 1. The molecule has 0 spiro atoms. The summed E-state index contributed by atoms with van der Waals surface area (Å²) in [6, 6.07) is 3.75. The van der Waals surface area contributed by atoms with Crippen LogP contribution in [0.3, 0.4) is 0 Å². The fourth-order valence-electron chi connectivity index (χ4n) is 1.01. The molecule has 0 amide bonds. The average molecular weight is 197 g/mol. The van der Waals surface area contributed by atoms with Gasteiger partial charge in [-0.2, -0.15) is 0 Å². The summed E-state index contributed by atoms with van der Waals surface area (Å²) in [5, 5.41) is 0. The van der Waals surface area contributed by atoms with Crippen molar-refractivity contribution in [1.29, 1.82) is 0 Å². The molecule has 0 saturated heterocycles. The number of rotatable bonds is 6. The number of methoxy groups -OCH3 is 1. The van der Waals surface area contributed by atoms with Crippen LogP contribution in [0.1, 0.15) is 5.56 Å². The van der Waals surface area contributed by atoms with Gasteiger partial charge in [-0.1, -0.05) is 6.07 Å². The van der Waals surface area contributed by atoms with Crippen molar-refractivity contribution in [1.82, 2.24) is 4.98 Å². The maximum absolute atomic E-state index is 5.34. The summed E-state index contributed by atoms with van der Waals surface area (Å²) in [5.74, 6) is 5.93. The lowest BCUT2D eigenvalue weighted by Crippen LogP contribution is -2.12. The van der Waals surface area contributed by atoms with Gasteiger partial charge in [-0.25, -0.2) is 10.8 Å². The molecular weight excluding hydrogens is 182 g/mol. The normalized spacial score (nSPS) is 10.1. The van der Waals surface area contributed by atoms with Crippen LogP contribution in [0.25, 0.3) is 0 Å². The van der Waals surface area contributed by atoms with E-state index in [1.807, 2.05) is 12.1 Å². The Morgan fingerprint density at radius 1 is 1.50 bits per heavy atom. The molecule has 1 aromatic rings. The molecule has 0 bridgehead atoms. The molecule has 0 aliphatic heterocycles. The zero-order valence-corrected chi connectivity index (χ0v) is 8.19. The number of anilines is 1. The third kappa shape index (κ3) is 3.29. The lowest BCUT2D eigenvalue weighted by Gasteiger charge is -2.07. The summed E-state index contributed by atoms with van der Waals surface area (Å²) < 4.78 is 10.2. The first kappa shape index (κ1) is 10.9. The van der Waals surface area contributed by atoms with E-state index < -0.39 is 0 Å². The minimum absolute atomic E-state index is 0.483. The molecule has 5 nitrogen and oxygen atoms in total. The van der Waals surface area contributed by atoms with Crippen LogP contribution in [0.15, 0.2) is 18.3 Å². The predicted octanol–water partition coefficient (Wildman–Crippen LogP) is 0.530. The number of nitrogens with two attached hydrogens (primary N) is 1. The molecule has 1 heterocycles. The summed E-state index contributed by atoms with van der Waals surface area (Å²) in [6.45, 7) is 1.64. The number of aromatic nitrogens is 1. The molecule has 1 rings (SSSR count). The smallest absolute Gasteiger partial charge is 0.145 e. The van der Waals surface area contributed by atoms with Gasteiger partial charge in [0.15, 0.2) is 0 Å². The minimum Gasteiger partial charge on any atom is -0.382 e. The largest absolute Gasteiger partial charge is 0.382 e. The van der Waals surface area contributed by atoms with Crippen LogP contribution < -0.4 is 11.3 Å². The second-order valence-electron chi connectivity index (χ2n) is 2.70. The summed E-state index contributed by atoms with van der Waals surface area (Å²) in [4.78, 5) is 4.05. The summed E-state index contributed by atoms with van der Waals surface area (Å²) in [7, 11) is 1.64. The van der Waals surface area contributed by atoms with Gasteiger partial charge in [0.05, 0.1) is 19.8 Å². The fraction of sp³-hybridized carbons (Fsp3) is 0.444. The Balaban J connectivity index is 2.41. The highest BCUT2D eigenvalue weighted by Gasteiger charge is 2.00. The second-order valence-corrected chi connectivity index (χ2v) is 2.70. The Hall–Kier alpha value is -1.17. The van der Waals surface area contributed by atoms with E-state index in [1.54, 1.807) is 13.3 Å². The molecule has 14 heavy (non-hydrogen) atoms. The minimum atomic E-state index is 0.483. The molecule has 5 heteroatoms.